The van der Waals surface area contributed by atoms with Gasteiger partial charge in [-0.2, -0.15) is 5.10 Å². The molecule has 2 heterocycles. The van der Waals surface area contributed by atoms with Gasteiger partial charge in [-0.3, -0.25) is 14.9 Å². The highest BCUT2D eigenvalue weighted by molar-refractivity contribution is 5.88. The summed E-state index contributed by atoms with van der Waals surface area (Å²) >= 11 is 0. The van der Waals surface area contributed by atoms with Gasteiger partial charge in [-0.15, -0.1) is 0 Å². The maximum absolute atomic E-state index is 12.5. The van der Waals surface area contributed by atoms with Crippen LogP contribution in [0.25, 0.3) is 0 Å². The van der Waals surface area contributed by atoms with Crippen LogP contribution in [0.15, 0.2) is 42.6 Å². The van der Waals surface area contributed by atoms with E-state index in [2.05, 4.69) is 53.4 Å². The van der Waals surface area contributed by atoms with Crippen molar-refractivity contribution in [1.82, 2.24) is 19.6 Å². The maximum atomic E-state index is 12.5. The molecular weight excluding hydrogens is 302 g/mol. The first-order valence-corrected chi connectivity index (χ1v) is 8.29. The van der Waals surface area contributed by atoms with E-state index in [1.165, 1.54) is 5.56 Å². The van der Waals surface area contributed by atoms with E-state index in [9.17, 15) is 4.79 Å². The molecule has 1 fully saturated rings. The van der Waals surface area contributed by atoms with Crippen molar-refractivity contribution in [2.75, 3.05) is 25.0 Å². The highest BCUT2D eigenvalue weighted by Gasteiger charge is 2.35. The van der Waals surface area contributed by atoms with Crippen LogP contribution < -0.4 is 5.32 Å². The third-order valence-corrected chi connectivity index (χ3v) is 4.63. The molecule has 0 spiro atoms. The van der Waals surface area contributed by atoms with Crippen molar-refractivity contribution in [1.29, 1.82) is 0 Å². The normalized spacial score (nSPS) is 17.7. The van der Waals surface area contributed by atoms with E-state index >= 15 is 0 Å². The molecule has 2 amide bonds. The smallest absolute Gasteiger partial charge is 0.321 e. The van der Waals surface area contributed by atoms with Crippen LogP contribution in [0.4, 0.5) is 10.6 Å². The molecule has 1 aliphatic heterocycles. The molecule has 1 aromatic carbocycles. The number of aromatic nitrogens is 2. The Hall–Kier alpha value is -2.34. The second-order valence-corrected chi connectivity index (χ2v) is 6.91. The first-order chi connectivity index (χ1) is 11.5. The zero-order valence-electron chi connectivity index (χ0n) is 14.6. The van der Waals surface area contributed by atoms with Gasteiger partial charge >= 0.3 is 6.03 Å². The zero-order chi connectivity index (χ0) is 17.2. The molecule has 24 heavy (non-hydrogen) atoms. The summed E-state index contributed by atoms with van der Waals surface area (Å²) in [5.41, 5.74) is 1.23. The predicted molar refractivity (Wildman–Crippen MR) is 94.7 cm³/mol. The van der Waals surface area contributed by atoms with Gasteiger partial charge in [-0.25, -0.2) is 4.79 Å². The summed E-state index contributed by atoms with van der Waals surface area (Å²) in [6.07, 6.45) is 1.68. The molecule has 1 saturated heterocycles. The summed E-state index contributed by atoms with van der Waals surface area (Å²) in [6.45, 7) is 7.58. The van der Waals surface area contributed by atoms with Crippen LogP contribution in [0, 0.1) is 0 Å². The lowest BCUT2D eigenvalue weighted by Crippen LogP contribution is -2.60. The van der Waals surface area contributed by atoms with Gasteiger partial charge in [-0.05, 0) is 19.4 Å². The predicted octanol–water partition coefficient (Wildman–Crippen LogP) is 2.55. The second-order valence-electron chi connectivity index (χ2n) is 6.91. The molecule has 1 N–H and O–H groups in total. The fourth-order valence-electron chi connectivity index (χ4n) is 3.15. The van der Waals surface area contributed by atoms with Gasteiger partial charge in [0.15, 0.2) is 0 Å². The third kappa shape index (κ3) is 3.59. The first kappa shape index (κ1) is 16.5. The Balaban J connectivity index is 1.62. The van der Waals surface area contributed by atoms with Gasteiger partial charge in [0.05, 0.1) is 6.20 Å². The van der Waals surface area contributed by atoms with E-state index in [0.717, 1.165) is 19.6 Å². The van der Waals surface area contributed by atoms with Gasteiger partial charge in [-0.1, -0.05) is 30.3 Å². The Morgan fingerprint density at radius 2 is 1.96 bits per heavy atom. The van der Waals surface area contributed by atoms with E-state index in [1.54, 1.807) is 16.9 Å². The largest absolute Gasteiger partial charge is 0.323 e. The van der Waals surface area contributed by atoms with Crippen molar-refractivity contribution in [3.8, 4) is 0 Å². The average Bonchev–Trinajstić information content (AvgIpc) is 2.95. The second kappa shape index (κ2) is 6.65. The number of hydrogen-bond donors (Lipinski definition) is 1. The van der Waals surface area contributed by atoms with E-state index < -0.39 is 0 Å². The summed E-state index contributed by atoms with van der Waals surface area (Å²) in [6, 6.07) is 12.2. The van der Waals surface area contributed by atoms with Gasteiger partial charge in [0.2, 0.25) is 0 Å². The molecule has 0 radical (unpaired) electrons. The third-order valence-electron chi connectivity index (χ3n) is 4.63. The number of rotatable bonds is 3. The lowest BCUT2D eigenvalue weighted by Gasteiger charge is -2.47. The Morgan fingerprint density at radius 1 is 1.21 bits per heavy atom. The van der Waals surface area contributed by atoms with E-state index in [4.69, 9.17) is 0 Å². The maximum Gasteiger partial charge on any atom is 0.323 e. The summed E-state index contributed by atoms with van der Waals surface area (Å²) in [5, 5.41) is 7.01. The fraction of sp³-hybridized carbons (Fsp3) is 0.444. The number of urea groups is 1. The van der Waals surface area contributed by atoms with Crippen molar-refractivity contribution < 1.29 is 4.79 Å². The lowest BCUT2D eigenvalue weighted by molar-refractivity contribution is 0.0325. The van der Waals surface area contributed by atoms with E-state index in [0.29, 0.717) is 12.4 Å². The van der Waals surface area contributed by atoms with Crippen LogP contribution >= 0.6 is 0 Å². The molecule has 1 aromatic heterocycles. The van der Waals surface area contributed by atoms with Crippen LogP contribution in [0.3, 0.4) is 0 Å². The van der Waals surface area contributed by atoms with Gasteiger partial charge in [0.25, 0.3) is 0 Å². The van der Waals surface area contributed by atoms with Crippen LogP contribution in [0.2, 0.25) is 0 Å². The number of hydrogen-bond acceptors (Lipinski definition) is 3. The molecule has 1 aliphatic rings. The molecule has 0 aliphatic carbocycles. The number of carbonyl (C=O) groups is 1. The van der Waals surface area contributed by atoms with Gasteiger partial charge in [0.1, 0.15) is 5.82 Å². The minimum atomic E-state index is -0.0715. The molecular formula is C18H25N5O. The molecule has 2 aromatic rings. The summed E-state index contributed by atoms with van der Waals surface area (Å²) in [5.74, 6) is 0.713. The molecule has 128 valence electrons. The first-order valence-electron chi connectivity index (χ1n) is 8.29. The topological polar surface area (TPSA) is 53.4 Å². The highest BCUT2D eigenvalue weighted by Crippen LogP contribution is 2.23. The summed E-state index contributed by atoms with van der Waals surface area (Å²) in [4.78, 5) is 16.8. The van der Waals surface area contributed by atoms with E-state index in [1.807, 2.05) is 18.0 Å². The number of piperazine rings is 1. The molecule has 0 atom stereocenters. The zero-order valence-corrected chi connectivity index (χ0v) is 14.6. The monoisotopic (exact) mass is 327 g/mol. The van der Waals surface area contributed by atoms with E-state index in [-0.39, 0.29) is 11.6 Å². The van der Waals surface area contributed by atoms with Crippen molar-refractivity contribution in [3.05, 3.63) is 48.2 Å². The standard InChI is InChI=1S/C18H25N5O/c1-18(2)14-22(17(24)20-16-9-10-19-21(16)3)11-12-23(18)13-15-7-5-4-6-8-15/h4-10H,11-14H2,1-3H3,(H,20,24). The number of benzene rings is 1. The molecule has 6 heteroatoms. The Morgan fingerprint density at radius 3 is 2.58 bits per heavy atom. The molecule has 0 saturated carbocycles. The van der Waals surface area contributed by atoms with Crippen LogP contribution in [-0.2, 0) is 13.6 Å². The number of nitrogens with zero attached hydrogens (tertiary/aromatic N) is 4. The van der Waals surface area contributed by atoms with Gasteiger partial charge < -0.3 is 4.90 Å². The number of carbonyl (C=O) groups excluding carboxylic acids is 1. The average molecular weight is 327 g/mol. The Bertz CT molecular complexity index is 694. The van der Waals surface area contributed by atoms with Crippen LogP contribution in [0.1, 0.15) is 19.4 Å². The van der Waals surface area contributed by atoms with Crippen molar-refractivity contribution >= 4 is 11.8 Å². The summed E-state index contributed by atoms with van der Waals surface area (Å²) in [7, 11) is 1.82. The highest BCUT2D eigenvalue weighted by atomic mass is 16.2. The van der Waals surface area contributed by atoms with Gasteiger partial charge in [0, 0.05) is 44.8 Å². The lowest BCUT2D eigenvalue weighted by atomic mass is 9.98. The molecule has 6 nitrogen and oxygen atoms in total. The Labute approximate surface area is 143 Å². The molecule has 3 rings (SSSR count). The summed E-state index contributed by atoms with van der Waals surface area (Å²) < 4.78 is 1.66. The SMILES string of the molecule is Cn1nccc1NC(=O)N1CCN(Cc2ccccc2)C(C)(C)C1. The number of aryl methyl sites for hydroxylation is 1. The fourth-order valence-corrected chi connectivity index (χ4v) is 3.15. The van der Waals surface area contributed by atoms with Crippen molar-refractivity contribution in [2.45, 2.75) is 25.9 Å². The van der Waals surface area contributed by atoms with Crippen LogP contribution in [-0.4, -0.2) is 50.8 Å². The van der Waals surface area contributed by atoms with Crippen molar-refractivity contribution in [2.24, 2.45) is 7.05 Å². The quantitative estimate of drug-likeness (QED) is 0.942. The number of amides is 2. The molecule has 0 bridgehead atoms. The number of anilines is 1. The van der Waals surface area contributed by atoms with Crippen molar-refractivity contribution in [3.63, 3.8) is 0 Å². The minimum absolute atomic E-state index is 0.0639. The Kier molecular flexibility index (Phi) is 4.57. The number of nitrogens with one attached hydrogen (secondary N) is 1. The molecule has 0 unspecified atom stereocenters. The minimum Gasteiger partial charge on any atom is -0.321 e. The van der Waals surface area contributed by atoms with Crippen LogP contribution in [0.5, 0.6) is 0 Å².